The number of rotatable bonds is 6. The summed E-state index contributed by atoms with van der Waals surface area (Å²) in [5, 5.41) is 11.5. The fourth-order valence-electron chi connectivity index (χ4n) is 6.60. The van der Waals surface area contributed by atoms with Gasteiger partial charge in [-0.15, -0.1) is 0 Å². The minimum Gasteiger partial charge on any atom is -0.457 e. The third-order valence-corrected chi connectivity index (χ3v) is 9.66. The monoisotopic (exact) mass is 635 g/mol. The van der Waals surface area contributed by atoms with Crippen LogP contribution in [0.5, 0.6) is 0 Å². The van der Waals surface area contributed by atoms with Crippen molar-refractivity contribution in [1.82, 2.24) is 14.8 Å². The van der Waals surface area contributed by atoms with Crippen LogP contribution >= 0.6 is 0 Å². The molecule has 1 amide bonds. The van der Waals surface area contributed by atoms with Gasteiger partial charge in [-0.1, -0.05) is 57.1 Å². The molecule has 0 saturated carbocycles. The second-order valence-electron chi connectivity index (χ2n) is 13.5. The average molecular weight is 636 g/mol. The third-order valence-electron chi connectivity index (χ3n) is 9.66. The fraction of sp³-hybridized carbons (Fsp3) is 0.622. The number of piperidine rings is 1. The normalized spacial score (nSPS) is 29.7. The molecule has 252 valence electrons. The molecule has 0 bridgehead atoms. The van der Waals surface area contributed by atoms with Crippen molar-refractivity contribution in [3.05, 3.63) is 66.0 Å². The maximum absolute atomic E-state index is 13.4. The second kappa shape index (κ2) is 17.0. The van der Waals surface area contributed by atoms with Gasteiger partial charge in [0.25, 0.3) is 0 Å². The molecule has 1 aromatic heterocycles. The molecule has 4 rings (SSSR count). The molecular weight excluding hydrogens is 582 g/mol. The SMILES string of the molecule is C/C(=C\C=C\[C@@H](C)c1ccccn1)[C@H]1OC(=O)CC(=O)CC[C@@](C)(O)[C@@H](OC(=O)N2CCC(N3CCCCCC3)CC2)/C=C/[C@@H]1C. The molecule has 4 heterocycles. The number of nitrogens with zero attached hydrogens (tertiary/aromatic N) is 3. The topological polar surface area (TPSA) is 109 Å². The van der Waals surface area contributed by atoms with E-state index in [0.29, 0.717) is 19.1 Å². The number of allylic oxidation sites excluding steroid dienone is 3. The number of carbonyl (C=O) groups is 3. The van der Waals surface area contributed by atoms with Crippen LogP contribution in [0, 0.1) is 5.92 Å². The average Bonchev–Trinajstić information content (AvgIpc) is 3.34. The first-order valence-corrected chi connectivity index (χ1v) is 17.1. The zero-order chi connectivity index (χ0) is 33.1. The Kier molecular flexibility index (Phi) is 13.2. The van der Waals surface area contributed by atoms with E-state index in [1.165, 1.54) is 25.7 Å². The van der Waals surface area contributed by atoms with Crippen LogP contribution in [-0.2, 0) is 19.1 Å². The number of likely N-dealkylation sites (tertiary alicyclic amines) is 2. The highest BCUT2D eigenvalue weighted by Crippen LogP contribution is 2.28. The van der Waals surface area contributed by atoms with Crippen molar-refractivity contribution < 1.29 is 29.0 Å². The fourth-order valence-corrected chi connectivity index (χ4v) is 6.60. The predicted molar refractivity (Wildman–Crippen MR) is 178 cm³/mol. The molecule has 3 aliphatic heterocycles. The van der Waals surface area contributed by atoms with Crippen molar-refractivity contribution in [1.29, 1.82) is 0 Å². The minimum absolute atomic E-state index is 0.0333. The Morgan fingerprint density at radius 3 is 2.50 bits per heavy atom. The maximum atomic E-state index is 13.4. The van der Waals surface area contributed by atoms with Crippen molar-refractivity contribution in [2.45, 2.75) is 115 Å². The summed E-state index contributed by atoms with van der Waals surface area (Å²) in [6, 6.07) is 6.30. The lowest BCUT2D eigenvalue weighted by Gasteiger charge is -2.39. The number of hydrogen-bond donors (Lipinski definition) is 1. The molecule has 3 aliphatic rings. The number of carbonyl (C=O) groups excluding carboxylic acids is 3. The van der Waals surface area contributed by atoms with Crippen LogP contribution in [0.4, 0.5) is 4.79 Å². The lowest BCUT2D eigenvalue weighted by Crippen LogP contribution is -2.49. The Balaban J connectivity index is 1.46. The van der Waals surface area contributed by atoms with Gasteiger partial charge in [0.1, 0.15) is 23.9 Å². The molecule has 2 saturated heterocycles. The molecule has 0 aliphatic carbocycles. The zero-order valence-electron chi connectivity index (χ0n) is 28.1. The Morgan fingerprint density at radius 2 is 1.83 bits per heavy atom. The first-order valence-electron chi connectivity index (χ1n) is 17.1. The van der Waals surface area contributed by atoms with E-state index in [2.05, 4.69) is 16.8 Å². The summed E-state index contributed by atoms with van der Waals surface area (Å²) in [4.78, 5) is 47.6. The van der Waals surface area contributed by atoms with Crippen LogP contribution in [0.15, 0.2) is 60.3 Å². The van der Waals surface area contributed by atoms with E-state index in [0.717, 1.165) is 37.2 Å². The smallest absolute Gasteiger partial charge is 0.410 e. The number of esters is 1. The van der Waals surface area contributed by atoms with Crippen molar-refractivity contribution in [3.8, 4) is 0 Å². The van der Waals surface area contributed by atoms with Crippen LogP contribution < -0.4 is 0 Å². The standard InChI is InChI=1S/C37H53N3O6/c1-27(32-14-7-8-21-38-32)12-11-13-28(2)35-29(3)15-16-33(37(4,44)20-17-31(41)26-34(42)46-35)45-36(43)40-24-18-30(19-25-40)39-22-9-5-6-10-23-39/h7-8,11-16,21,27,29-30,33,35,44H,5-6,9-10,17-20,22-26H2,1-4H3/b12-11+,16-15+,28-13+/t27-,29+,33+,35-,37-/m1/s1. The Hall–Kier alpha value is -3.30. The van der Waals surface area contributed by atoms with E-state index in [1.54, 1.807) is 24.1 Å². The molecule has 9 heteroatoms. The second-order valence-corrected chi connectivity index (χ2v) is 13.5. The van der Waals surface area contributed by atoms with Crippen LogP contribution in [0.25, 0.3) is 0 Å². The van der Waals surface area contributed by atoms with Gasteiger partial charge in [-0.05, 0) is 82.8 Å². The van der Waals surface area contributed by atoms with Crippen LogP contribution in [-0.4, -0.2) is 87.8 Å². The Bertz CT molecular complexity index is 1240. The van der Waals surface area contributed by atoms with E-state index < -0.39 is 29.9 Å². The highest BCUT2D eigenvalue weighted by molar-refractivity contribution is 5.95. The van der Waals surface area contributed by atoms with Crippen molar-refractivity contribution in [2.75, 3.05) is 26.2 Å². The minimum atomic E-state index is -1.50. The lowest BCUT2D eigenvalue weighted by atomic mass is 9.89. The summed E-state index contributed by atoms with van der Waals surface area (Å²) in [6.45, 7) is 10.9. The molecule has 0 aromatic carbocycles. The Labute approximate surface area is 274 Å². The van der Waals surface area contributed by atoms with E-state index >= 15 is 0 Å². The van der Waals surface area contributed by atoms with Crippen LogP contribution in [0.2, 0.25) is 0 Å². The summed E-state index contributed by atoms with van der Waals surface area (Å²) < 4.78 is 11.8. The molecule has 0 radical (unpaired) electrons. The zero-order valence-corrected chi connectivity index (χ0v) is 28.1. The summed E-state index contributed by atoms with van der Waals surface area (Å²) in [6.07, 6.45) is 15.6. The van der Waals surface area contributed by atoms with E-state index in [1.807, 2.05) is 56.4 Å². The quantitative estimate of drug-likeness (QED) is 0.172. The molecule has 5 atom stereocenters. The molecule has 1 N–H and O–H groups in total. The van der Waals surface area contributed by atoms with Gasteiger partial charge in [0, 0.05) is 49.3 Å². The summed E-state index contributed by atoms with van der Waals surface area (Å²) in [5.74, 6) is -1.15. The lowest BCUT2D eigenvalue weighted by molar-refractivity contribution is -0.151. The molecular formula is C37H53N3O6. The number of hydrogen-bond acceptors (Lipinski definition) is 8. The number of ether oxygens (including phenoxy) is 2. The largest absolute Gasteiger partial charge is 0.457 e. The van der Waals surface area contributed by atoms with E-state index in [4.69, 9.17) is 9.47 Å². The van der Waals surface area contributed by atoms with Gasteiger partial charge in [-0.3, -0.25) is 14.6 Å². The molecule has 0 unspecified atom stereocenters. The van der Waals surface area contributed by atoms with Gasteiger partial charge in [0.05, 0.1) is 0 Å². The first-order chi connectivity index (χ1) is 22.0. The molecule has 0 spiro atoms. The number of aliphatic hydroxyl groups is 1. The van der Waals surface area contributed by atoms with Crippen LogP contribution in [0.3, 0.4) is 0 Å². The third kappa shape index (κ3) is 10.4. The van der Waals surface area contributed by atoms with Gasteiger partial charge in [-0.2, -0.15) is 0 Å². The van der Waals surface area contributed by atoms with Gasteiger partial charge in [0.2, 0.25) is 0 Å². The highest BCUT2D eigenvalue weighted by Gasteiger charge is 2.37. The summed E-state index contributed by atoms with van der Waals surface area (Å²) in [5.41, 5.74) is 0.248. The molecule has 1 aromatic rings. The number of amides is 1. The van der Waals surface area contributed by atoms with Crippen molar-refractivity contribution in [3.63, 3.8) is 0 Å². The van der Waals surface area contributed by atoms with Crippen molar-refractivity contribution >= 4 is 17.8 Å². The van der Waals surface area contributed by atoms with E-state index in [9.17, 15) is 19.5 Å². The number of aromatic nitrogens is 1. The van der Waals surface area contributed by atoms with Gasteiger partial charge in [0.15, 0.2) is 6.10 Å². The van der Waals surface area contributed by atoms with Gasteiger partial charge < -0.3 is 24.4 Å². The van der Waals surface area contributed by atoms with Crippen LogP contribution in [0.1, 0.15) is 97.1 Å². The molecule has 46 heavy (non-hydrogen) atoms. The number of cyclic esters (lactones) is 1. The maximum Gasteiger partial charge on any atom is 0.410 e. The number of pyridine rings is 1. The first kappa shape index (κ1) is 35.6. The Morgan fingerprint density at radius 1 is 1.11 bits per heavy atom. The van der Waals surface area contributed by atoms with Crippen molar-refractivity contribution in [2.24, 2.45) is 5.92 Å². The number of Topliss-reactive ketones (excluding diaryl/α,β-unsaturated/α-hetero) is 1. The molecule has 9 nitrogen and oxygen atoms in total. The predicted octanol–water partition coefficient (Wildman–Crippen LogP) is 6.14. The summed E-state index contributed by atoms with van der Waals surface area (Å²) >= 11 is 0. The highest BCUT2D eigenvalue weighted by atomic mass is 16.6. The molecule has 2 fully saturated rings. The van der Waals surface area contributed by atoms with Gasteiger partial charge >= 0.3 is 12.1 Å². The summed E-state index contributed by atoms with van der Waals surface area (Å²) in [7, 11) is 0. The van der Waals surface area contributed by atoms with Gasteiger partial charge in [-0.25, -0.2) is 4.79 Å². The number of ketones is 1. The van der Waals surface area contributed by atoms with E-state index in [-0.39, 0.29) is 36.9 Å².